The number of fused-ring (bicyclic) bond motifs is 2. The molecule has 40 heavy (non-hydrogen) atoms. The average Bonchev–Trinajstić information content (AvgIpc) is 3.57. The Bertz CT molecular complexity index is 1360. The van der Waals surface area contributed by atoms with Crippen LogP contribution in [0.1, 0.15) is 66.9 Å². The van der Waals surface area contributed by atoms with Gasteiger partial charge in [0.2, 0.25) is 5.91 Å². The molecule has 1 saturated carbocycles. The van der Waals surface area contributed by atoms with E-state index in [4.69, 9.17) is 9.47 Å². The number of nitrogens with one attached hydrogen (secondary N) is 2. The van der Waals surface area contributed by atoms with E-state index in [1.165, 1.54) is 0 Å². The topological polar surface area (TPSA) is 79.9 Å². The number of methoxy groups -OCH3 is 1. The third kappa shape index (κ3) is 5.06. The van der Waals surface area contributed by atoms with Crippen molar-refractivity contribution in [3.8, 4) is 5.75 Å². The van der Waals surface area contributed by atoms with Crippen LogP contribution in [-0.2, 0) is 22.6 Å². The predicted molar refractivity (Wildman–Crippen MR) is 154 cm³/mol. The Morgan fingerprint density at radius 3 is 2.55 bits per heavy atom. The summed E-state index contributed by atoms with van der Waals surface area (Å²) in [7, 11) is 1.69. The van der Waals surface area contributed by atoms with E-state index in [9.17, 15) is 9.59 Å². The quantitative estimate of drug-likeness (QED) is 0.376. The van der Waals surface area contributed by atoms with Crippen LogP contribution in [0.3, 0.4) is 0 Å². The summed E-state index contributed by atoms with van der Waals surface area (Å²) in [5.41, 5.74) is 5.03. The number of carbonyl (C=O) groups is 2. The molecule has 1 saturated heterocycles. The Labute approximate surface area is 235 Å². The lowest BCUT2D eigenvalue weighted by molar-refractivity contribution is -0.116. The summed E-state index contributed by atoms with van der Waals surface area (Å²) in [6.45, 7) is 2.39. The van der Waals surface area contributed by atoms with Gasteiger partial charge in [0.15, 0.2) is 0 Å². The van der Waals surface area contributed by atoms with E-state index in [-0.39, 0.29) is 42.8 Å². The summed E-state index contributed by atoms with van der Waals surface area (Å²) in [6, 6.07) is 24.1. The molecular formula is C33H37N3O4. The number of ether oxygens (including phenoxy) is 2. The minimum atomic E-state index is -0.263. The van der Waals surface area contributed by atoms with Gasteiger partial charge in [-0.3, -0.25) is 9.69 Å². The summed E-state index contributed by atoms with van der Waals surface area (Å²) in [5, 5.41) is 6.95. The van der Waals surface area contributed by atoms with Crippen molar-refractivity contribution in [1.82, 2.24) is 10.2 Å². The van der Waals surface area contributed by atoms with Gasteiger partial charge in [0.05, 0.1) is 13.2 Å². The fourth-order valence-corrected chi connectivity index (χ4v) is 6.94. The second-order valence-electron chi connectivity index (χ2n) is 11.2. The molecule has 2 aliphatic heterocycles. The zero-order chi connectivity index (χ0) is 27.6. The Morgan fingerprint density at radius 2 is 1.80 bits per heavy atom. The summed E-state index contributed by atoms with van der Waals surface area (Å²) in [4.78, 5) is 27.9. The SMILES string of the molecule is COc1cc2c(cc1C(C)NC1C3CCCC3N(C(=O)OCc3ccccc3)C1c1ccccc1)NC(=O)CC2. The van der Waals surface area contributed by atoms with Crippen LogP contribution in [0, 0.1) is 5.92 Å². The maximum atomic E-state index is 13.8. The molecule has 208 valence electrons. The first-order valence-corrected chi connectivity index (χ1v) is 14.3. The normalized spacial score (nSPS) is 24.1. The van der Waals surface area contributed by atoms with Gasteiger partial charge >= 0.3 is 6.09 Å². The fraction of sp³-hybridized carbons (Fsp3) is 0.394. The van der Waals surface area contributed by atoms with Crippen molar-refractivity contribution in [1.29, 1.82) is 0 Å². The van der Waals surface area contributed by atoms with E-state index in [0.29, 0.717) is 18.8 Å². The number of nitrogens with zero attached hydrogens (tertiary/aromatic N) is 1. The minimum Gasteiger partial charge on any atom is -0.496 e. The number of aryl methyl sites for hydroxylation is 1. The number of amides is 2. The summed E-state index contributed by atoms with van der Waals surface area (Å²) >= 11 is 0. The molecule has 2 fully saturated rings. The second kappa shape index (κ2) is 11.3. The van der Waals surface area contributed by atoms with Gasteiger partial charge in [-0.25, -0.2) is 4.79 Å². The lowest BCUT2D eigenvalue weighted by Gasteiger charge is -2.33. The second-order valence-corrected chi connectivity index (χ2v) is 11.2. The van der Waals surface area contributed by atoms with Gasteiger partial charge in [0, 0.05) is 35.8 Å². The number of benzene rings is 3. The number of anilines is 1. The molecule has 5 atom stereocenters. The summed E-state index contributed by atoms with van der Waals surface area (Å²) < 4.78 is 11.7. The van der Waals surface area contributed by atoms with E-state index >= 15 is 0 Å². The van der Waals surface area contributed by atoms with E-state index < -0.39 is 0 Å². The largest absolute Gasteiger partial charge is 0.496 e. The van der Waals surface area contributed by atoms with Crippen molar-refractivity contribution in [2.75, 3.05) is 12.4 Å². The van der Waals surface area contributed by atoms with E-state index in [2.05, 4.69) is 35.8 Å². The highest BCUT2D eigenvalue weighted by Crippen LogP contribution is 2.49. The van der Waals surface area contributed by atoms with Crippen LogP contribution in [-0.4, -0.2) is 36.1 Å². The van der Waals surface area contributed by atoms with Crippen LogP contribution in [0.5, 0.6) is 5.75 Å². The van der Waals surface area contributed by atoms with Crippen molar-refractivity contribution in [3.05, 3.63) is 95.1 Å². The molecule has 0 aromatic heterocycles. The molecule has 6 rings (SSSR count). The van der Waals surface area contributed by atoms with Crippen molar-refractivity contribution in [3.63, 3.8) is 0 Å². The molecule has 2 amide bonds. The monoisotopic (exact) mass is 539 g/mol. The fourth-order valence-electron chi connectivity index (χ4n) is 6.94. The van der Waals surface area contributed by atoms with E-state index in [1.54, 1.807) is 7.11 Å². The Balaban J connectivity index is 1.31. The minimum absolute atomic E-state index is 0.0319. The molecule has 0 spiro atoms. The molecule has 7 nitrogen and oxygen atoms in total. The lowest BCUT2D eigenvalue weighted by atomic mass is 9.90. The molecule has 3 aromatic carbocycles. The van der Waals surface area contributed by atoms with Crippen molar-refractivity contribution in [2.45, 2.75) is 69.8 Å². The van der Waals surface area contributed by atoms with E-state index in [1.807, 2.05) is 59.5 Å². The number of hydrogen-bond donors (Lipinski definition) is 2. The van der Waals surface area contributed by atoms with Gasteiger partial charge in [0.1, 0.15) is 12.4 Å². The highest BCUT2D eigenvalue weighted by atomic mass is 16.6. The van der Waals surface area contributed by atoms with Gasteiger partial charge in [-0.15, -0.1) is 0 Å². The van der Waals surface area contributed by atoms with Crippen LogP contribution in [0.15, 0.2) is 72.8 Å². The average molecular weight is 540 g/mol. The first-order chi connectivity index (χ1) is 19.5. The van der Waals surface area contributed by atoms with Crippen LogP contribution in [0.2, 0.25) is 0 Å². The van der Waals surface area contributed by atoms with E-state index in [0.717, 1.165) is 53.0 Å². The third-order valence-electron chi connectivity index (χ3n) is 8.81. The molecule has 0 bridgehead atoms. The highest BCUT2D eigenvalue weighted by molar-refractivity contribution is 5.94. The number of hydrogen-bond acceptors (Lipinski definition) is 5. The lowest BCUT2D eigenvalue weighted by Crippen LogP contribution is -2.42. The third-order valence-corrected chi connectivity index (χ3v) is 8.81. The summed E-state index contributed by atoms with van der Waals surface area (Å²) in [6.07, 6.45) is 4.04. The van der Waals surface area contributed by atoms with Crippen LogP contribution in [0.4, 0.5) is 10.5 Å². The van der Waals surface area contributed by atoms with Crippen molar-refractivity contribution >= 4 is 17.7 Å². The first-order valence-electron chi connectivity index (χ1n) is 14.3. The number of carbonyl (C=O) groups excluding carboxylic acids is 2. The molecular weight excluding hydrogens is 502 g/mol. The van der Waals surface area contributed by atoms with Gasteiger partial charge in [-0.2, -0.15) is 0 Å². The smallest absolute Gasteiger partial charge is 0.410 e. The number of likely N-dealkylation sites (tertiary alicyclic amines) is 1. The molecule has 3 aromatic rings. The van der Waals surface area contributed by atoms with Crippen LogP contribution in [0.25, 0.3) is 0 Å². The standard InChI is InChI=1S/C33H37N3O4/c1-21(26-19-27-24(18-29(26)39-2)16-17-30(37)35-27)34-31-25-14-9-15-28(25)36(32(31)23-12-7-4-8-13-23)33(38)40-20-22-10-5-3-6-11-22/h3-8,10-13,18-19,21,25,28,31-32,34H,9,14-17,20H2,1-2H3,(H,35,37). The van der Waals surface area contributed by atoms with Crippen molar-refractivity contribution < 1.29 is 19.1 Å². The molecule has 0 radical (unpaired) electrons. The Morgan fingerprint density at radius 1 is 1.05 bits per heavy atom. The Kier molecular flexibility index (Phi) is 7.48. The maximum Gasteiger partial charge on any atom is 0.410 e. The number of rotatable bonds is 7. The zero-order valence-electron chi connectivity index (χ0n) is 23.1. The molecule has 7 heteroatoms. The van der Waals surface area contributed by atoms with Crippen molar-refractivity contribution in [2.24, 2.45) is 5.92 Å². The van der Waals surface area contributed by atoms with Gasteiger partial charge in [-0.1, -0.05) is 67.1 Å². The zero-order valence-corrected chi connectivity index (χ0v) is 23.1. The molecule has 2 N–H and O–H groups in total. The maximum absolute atomic E-state index is 13.8. The van der Waals surface area contributed by atoms with Crippen LogP contribution >= 0.6 is 0 Å². The molecule has 2 heterocycles. The molecule has 1 aliphatic carbocycles. The highest BCUT2D eigenvalue weighted by Gasteiger charge is 2.54. The Hall–Kier alpha value is -3.84. The van der Waals surface area contributed by atoms with Gasteiger partial charge < -0.3 is 20.1 Å². The molecule has 3 aliphatic rings. The van der Waals surface area contributed by atoms with Gasteiger partial charge in [-0.05, 0) is 60.9 Å². The first kappa shape index (κ1) is 26.4. The predicted octanol–water partition coefficient (Wildman–Crippen LogP) is 6.16. The summed E-state index contributed by atoms with van der Waals surface area (Å²) in [5.74, 6) is 1.16. The van der Waals surface area contributed by atoms with Crippen LogP contribution < -0.4 is 15.4 Å². The molecule has 5 unspecified atom stereocenters. The van der Waals surface area contributed by atoms with Gasteiger partial charge in [0.25, 0.3) is 0 Å².